The predicted octanol–water partition coefficient (Wildman–Crippen LogP) is 2.20. The Labute approximate surface area is 136 Å². The first-order valence-electron chi connectivity index (χ1n) is 6.19. The number of nitrogens with zero attached hydrogens (tertiary/aromatic N) is 3. The largest absolute Gasteiger partial charge is 0.493 e. The Morgan fingerprint density at radius 2 is 2.30 bits per heavy atom. The fourth-order valence-electron chi connectivity index (χ4n) is 1.91. The third kappa shape index (κ3) is 3.51. The summed E-state index contributed by atoms with van der Waals surface area (Å²) in [7, 11) is 5.62. The van der Waals surface area contributed by atoms with Crippen molar-refractivity contribution in [1.29, 1.82) is 0 Å². The summed E-state index contributed by atoms with van der Waals surface area (Å²) in [6.07, 6.45) is 0.945. The second kappa shape index (κ2) is 6.88. The lowest BCUT2D eigenvalue weighted by molar-refractivity contribution is 0.200. The van der Waals surface area contributed by atoms with Gasteiger partial charge in [-0.3, -0.25) is 4.68 Å². The van der Waals surface area contributed by atoms with Crippen LogP contribution in [0.15, 0.2) is 17.6 Å². The maximum Gasteiger partial charge on any atom is 0.163 e. The summed E-state index contributed by atoms with van der Waals surface area (Å²) in [5.41, 5.74) is 1.59. The molecule has 7 heteroatoms. The first kappa shape index (κ1) is 15.7. The number of thiophene rings is 1. The highest BCUT2D eigenvalue weighted by atomic mass is 127. The van der Waals surface area contributed by atoms with Gasteiger partial charge < -0.3 is 14.7 Å². The number of hydrogen-bond acceptors (Lipinski definition) is 5. The minimum absolute atomic E-state index is 0.623. The van der Waals surface area contributed by atoms with Crippen LogP contribution in [-0.2, 0) is 6.54 Å². The van der Waals surface area contributed by atoms with Crippen molar-refractivity contribution in [3.8, 4) is 5.75 Å². The van der Waals surface area contributed by atoms with Crippen molar-refractivity contribution >= 4 is 33.9 Å². The van der Waals surface area contributed by atoms with Crippen molar-refractivity contribution in [3.05, 3.63) is 31.8 Å². The van der Waals surface area contributed by atoms with E-state index in [0.29, 0.717) is 18.0 Å². The molecule has 1 unspecified atom stereocenters. The highest BCUT2D eigenvalue weighted by molar-refractivity contribution is 14.1. The van der Waals surface area contributed by atoms with Crippen LogP contribution >= 0.6 is 33.9 Å². The number of methoxy groups -OCH3 is 1. The molecule has 0 saturated carbocycles. The standard InChI is InChI=1S/C13H18IN3O2S/c1-16(2)4-5-17-12(10(19-3)7-15-17)13(18)9-6-11(14)20-8-9/h6-8,13,18H,4-5H2,1-3H3. The third-order valence-electron chi connectivity index (χ3n) is 2.99. The molecule has 2 rings (SSSR count). The molecular formula is C13H18IN3O2S. The van der Waals surface area contributed by atoms with Crippen molar-refractivity contribution in [2.75, 3.05) is 27.7 Å². The summed E-state index contributed by atoms with van der Waals surface area (Å²) in [6.45, 7) is 1.57. The summed E-state index contributed by atoms with van der Waals surface area (Å²) in [6, 6.07) is 1.98. The van der Waals surface area contributed by atoms with Gasteiger partial charge in [0.05, 0.1) is 22.7 Å². The predicted molar refractivity (Wildman–Crippen MR) is 88.4 cm³/mol. The van der Waals surface area contributed by atoms with Crippen LogP contribution in [-0.4, -0.2) is 47.5 Å². The van der Waals surface area contributed by atoms with Crippen LogP contribution in [0.2, 0.25) is 0 Å². The van der Waals surface area contributed by atoms with E-state index in [2.05, 4.69) is 32.6 Å². The van der Waals surface area contributed by atoms with Gasteiger partial charge in [-0.05, 0) is 53.7 Å². The second-order valence-corrected chi connectivity index (χ2v) is 7.52. The Morgan fingerprint density at radius 1 is 1.55 bits per heavy atom. The van der Waals surface area contributed by atoms with E-state index in [0.717, 1.165) is 15.0 Å². The van der Waals surface area contributed by atoms with Crippen LogP contribution in [0.5, 0.6) is 5.75 Å². The highest BCUT2D eigenvalue weighted by Gasteiger charge is 2.22. The Hall–Kier alpha value is -0.640. The van der Waals surface area contributed by atoms with Gasteiger partial charge in [0.1, 0.15) is 11.8 Å². The number of hydrogen-bond donors (Lipinski definition) is 1. The summed E-state index contributed by atoms with van der Waals surface area (Å²) in [4.78, 5) is 2.08. The molecule has 0 aliphatic heterocycles. The average molecular weight is 407 g/mol. The Bertz CT molecular complexity index is 568. The fourth-order valence-corrected chi connectivity index (χ4v) is 3.30. The van der Waals surface area contributed by atoms with Gasteiger partial charge in [-0.15, -0.1) is 11.3 Å². The number of aromatic nitrogens is 2. The highest BCUT2D eigenvalue weighted by Crippen LogP contribution is 2.32. The molecule has 2 aromatic heterocycles. The van der Waals surface area contributed by atoms with E-state index in [1.54, 1.807) is 24.6 Å². The van der Waals surface area contributed by atoms with Gasteiger partial charge in [0, 0.05) is 6.54 Å². The number of likely N-dealkylation sites (N-methyl/N-ethyl adjacent to an activating group) is 1. The lowest BCUT2D eigenvalue weighted by Gasteiger charge is -2.16. The van der Waals surface area contributed by atoms with Crippen molar-refractivity contribution in [1.82, 2.24) is 14.7 Å². The molecular weight excluding hydrogens is 389 g/mol. The molecule has 110 valence electrons. The Morgan fingerprint density at radius 3 is 2.85 bits per heavy atom. The van der Waals surface area contributed by atoms with E-state index < -0.39 is 6.10 Å². The Balaban J connectivity index is 2.30. The van der Waals surface area contributed by atoms with Crippen LogP contribution in [0, 0.1) is 2.88 Å². The molecule has 1 atom stereocenters. The van der Waals surface area contributed by atoms with E-state index in [4.69, 9.17) is 4.74 Å². The van der Waals surface area contributed by atoms with Crippen molar-refractivity contribution < 1.29 is 9.84 Å². The molecule has 2 heterocycles. The van der Waals surface area contributed by atoms with Crippen LogP contribution in [0.25, 0.3) is 0 Å². The first-order chi connectivity index (χ1) is 9.52. The van der Waals surface area contributed by atoms with Crippen molar-refractivity contribution in [2.24, 2.45) is 0 Å². The van der Waals surface area contributed by atoms with Gasteiger partial charge in [-0.2, -0.15) is 5.10 Å². The van der Waals surface area contributed by atoms with Gasteiger partial charge in [0.2, 0.25) is 0 Å². The van der Waals surface area contributed by atoms with Gasteiger partial charge in [-0.25, -0.2) is 0 Å². The maximum absolute atomic E-state index is 10.6. The first-order valence-corrected chi connectivity index (χ1v) is 8.15. The zero-order chi connectivity index (χ0) is 14.7. The van der Waals surface area contributed by atoms with Gasteiger partial charge in [-0.1, -0.05) is 0 Å². The molecule has 0 aliphatic carbocycles. The number of aliphatic hydroxyl groups is 1. The van der Waals surface area contributed by atoms with E-state index in [9.17, 15) is 5.11 Å². The molecule has 20 heavy (non-hydrogen) atoms. The summed E-state index contributed by atoms with van der Waals surface area (Å²) >= 11 is 3.87. The molecule has 2 aromatic rings. The maximum atomic E-state index is 10.6. The zero-order valence-corrected chi connectivity index (χ0v) is 14.7. The minimum atomic E-state index is -0.714. The molecule has 0 fully saturated rings. The minimum Gasteiger partial charge on any atom is -0.493 e. The van der Waals surface area contributed by atoms with Crippen LogP contribution in [0.3, 0.4) is 0 Å². The lowest BCUT2D eigenvalue weighted by Crippen LogP contribution is -2.21. The smallest absolute Gasteiger partial charge is 0.163 e. The summed E-state index contributed by atoms with van der Waals surface area (Å²) in [5, 5.41) is 16.9. The van der Waals surface area contributed by atoms with Crippen LogP contribution in [0.1, 0.15) is 17.4 Å². The number of aliphatic hydroxyl groups excluding tert-OH is 1. The number of halogens is 1. The monoisotopic (exact) mass is 407 g/mol. The molecule has 0 bridgehead atoms. The van der Waals surface area contributed by atoms with Crippen LogP contribution < -0.4 is 4.74 Å². The SMILES string of the molecule is COc1cnn(CCN(C)C)c1C(O)c1csc(I)c1. The van der Waals surface area contributed by atoms with E-state index >= 15 is 0 Å². The summed E-state index contributed by atoms with van der Waals surface area (Å²) < 4.78 is 8.29. The molecule has 0 radical (unpaired) electrons. The van der Waals surface area contributed by atoms with Crippen molar-refractivity contribution in [3.63, 3.8) is 0 Å². The van der Waals surface area contributed by atoms with E-state index in [1.807, 2.05) is 30.2 Å². The zero-order valence-electron chi connectivity index (χ0n) is 11.7. The molecule has 0 aliphatic rings. The normalized spacial score (nSPS) is 12.9. The fraction of sp³-hybridized carbons (Fsp3) is 0.462. The Kier molecular flexibility index (Phi) is 5.42. The molecule has 1 N–H and O–H groups in total. The molecule has 5 nitrogen and oxygen atoms in total. The number of rotatable bonds is 6. The average Bonchev–Trinajstić information content (AvgIpc) is 3.01. The van der Waals surface area contributed by atoms with Crippen LogP contribution in [0.4, 0.5) is 0 Å². The third-order valence-corrected chi connectivity index (χ3v) is 4.79. The van der Waals surface area contributed by atoms with E-state index in [-0.39, 0.29) is 0 Å². The topological polar surface area (TPSA) is 50.5 Å². The lowest BCUT2D eigenvalue weighted by atomic mass is 10.1. The van der Waals surface area contributed by atoms with Crippen molar-refractivity contribution in [2.45, 2.75) is 12.6 Å². The molecule has 0 aromatic carbocycles. The summed E-state index contributed by atoms with van der Waals surface area (Å²) in [5.74, 6) is 0.623. The molecule has 0 spiro atoms. The van der Waals surface area contributed by atoms with Gasteiger partial charge in [0.15, 0.2) is 5.75 Å². The van der Waals surface area contributed by atoms with Gasteiger partial charge in [0.25, 0.3) is 0 Å². The quantitative estimate of drug-likeness (QED) is 0.747. The molecule has 0 saturated heterocycles. The van der Waals surface area contributed by atoms with Gasteiger partial charge >= 0.3 is 0 Å². The second-order valence-electron chi connectivity index (χ2n) is 4.71. The number of ether oxygens (including phenoxy) is 1. The van der Waals surface area contributed by atoms with E-state index in [1.165, 1.54) is 0 Å². The molecule has 0 amide bonds.